The highest BCUT2D eigenvalue weighted by Gasteiger charge is 2.26. The highest BCUT2D eigenvalue weighted by Crippen LogP contribution is 2.22. The summed E-state index contributed by atoms with van der Waals surface area (Å²) < 4.78 is 0. The third kappa shape index (κ3) is 3.31. The summed E-state index contributed by atoms with van der Waals surface area (Å²) >= 11 is 0. The summed E-state index contributed by atoms with van der Waals surface area (Å²) in [4.78, 5) is 33.3. The van der Waals surface area contributed by atoms with Crippen LogP contribution in [-0.2, 0) is 4.79 Å². The molecule has 0 aliphatic carbocycles. The highest BCUT2D eigenvalue weighted by atomic mass is 16.6. The molecule has 20 heavy (non-hydrogen) atoms. The number of carboxylic acid groups (broad SMARTS) is 1. The van der Waals surface area contributed by atoms with E-state index in [0.717, 1.165) is 0 Å². The van der Waals surface area contributed by atoms with Gasteiger partial charge in [0.2, 0.25) is 0 Å². The Morgan fingerprint density at radius 1 is 1.35 bits per heavy atom. The Morgan fingerprint density at radius 3 is 2.45 bits per heavy atom. The number of carbonyl (C=O) groups is 2. The summed E-state index contributed by atoms with van der Waals surface area (Å²) in [5, 5.41) is 22.3. The summed E-state index contributed by atoms with van der Waals surface area (Å²) in [6, 6.07) is 3.69. The summed E-state index contributed by atoms with van der Waals surface area (Å²) in [6.07, 6.45) is 0. The van der Waals surface area contributed by atoms with Gasteiger partial charge in [0.25, 0.3) is 11.6 Å². The van der Waals surface area contributed by atoms with Gasteiger partial charge in [-0.25, -0.2) is 0 Å². The molecule has 2 unspecified atom stereocenters. The second-order valence-corrected chi connectivity index (χ2v) is 4.62. The summed E-state index contributed by atoms with van der Waals surface area (Å²) in [5.41, 5.74) is 0.131. The van der Waals surface area contributed by atoms with Gasteiger partial charge in [-0.05, 0) is 26.3 Å². The van der Waals surface area contributed by atoms with Gasteiger partial charge in [0.15, 0.2) is 0 Å². The molecule has 2 N–H and O–H groups in total. The molecule has 1 amide bonds. The Bertz CT molecular complexity index is 556. The molecule has 1 rings (SSSR count). The van der Waals surface area contributed by atoms with Gasteiger partial charge in [-0.1, -0.05) is 12.1 Å². The predicted octanol–water partition coefficient (Wildman–Crippen LogP) is 1.74. The van der Waals surface area contributed by atoms with Crippen LogP contribution in [0.25, 0.3) is 0 Å². The van der Waals surface area contributed by atoms with Crippen molar-refractivity contribution >= 4 is 17.6 Å². The molecule has 0 fully saturated rings. The molecule has 7 heteroatoms. The van der Waals surface area contributed by atoms with Gasteiger partial charge in [0.05, 0.1) is 10.8 Å². The number of amides is 1. The lowest BCUT2D eigenvalue weighted by Gasteiger charge is -2.18. The molecule has 108 valence electrons. The molecule has 1 aromatic carbocycles. The van der Waals surface area contributed by atoms with E-state index in [1.807, 2.05) is 0 Å². The predicted molar refractivity (Wildman–Crippen MR) is 71.6 cm³/mol. The Morgan fingerprint density at radius 2 is 1.95 bits per heavy atom. The van der Waals surface area contributed by atoms with Gasteiger partial charge in [-0.2, -0.15) is 0 Å². The highest BCUT2D eigenvalue weighted by molar-refractivity contribution is 5.99. The van der Waals surface area contributed by atoms with E-state index in [2.05, 4.69) is 5.32 Å². The van der Waals surface area contributed by atoms with E-state index in [1.165, 1.54) is 19.1 Å². The van der Waals surface area contributed by atoms with Crippen molar-refractivity contribution in [1.82, 2.24) is 5.32 Å². The van der Waals surface area contributed by atoms with Crippen LogP contribution in [0.1, 0.15) is 29.8 Å². The number of aryl methyl sites for hydroxylation is 1. The molecule has 0 bridgehead atoms. The monoisotopic (exact) mass is 280 g/mol. The molecule has 0 aromatic heterocycles. The van der Waals surface area contributed by atoms with E-state index >= 15 is 0 Å². The van der Waals surface area contributed by atoms with Crippen LogP contribution in [-0.4, -0.2) is 27.9 Å². The normalized spacial score (nSPS) is 13.3. The largest absolute Gasteiger partial charge is 0.481 e. The maximum atomic E-state index is 12.1. The van der Waals surface area contributed by atoms with Crippen molar-refractivity contribution in [2.45, 2.75) is 26.8 Å². The SMILES string of the molecule is Cc1cccc([N+](=O)[O-])c1C(=O)NC(C)C(C)C(=O)O. The first-order valence-electron chi connectivity index (χ1n) is 6.03. The lowest BCUT2D eigenvalue weighted by molar-refractivity contribution is -0.385. The van der Waals surface area contributed by atoms with Crippen molar-refractivity contribution in [2.75, 3.05) is 0 Å². The Hall–Kier alpha value is -2.44. The summed E-state index contributed by atoms with van der Waals surface area (Å²) in [7, 11) is 0. The fourth-order valence-electron chi connectivity index (χ4n) is 1.72. The molecule has 7 nitrogen and oxygen atoms in total. The quantitative estimate of drug-likeness (QED) is 0.630. The smallest absolute Gasteiger partial charge is 0.308 e. The van der Waals surface area contributed by atoms with Crippen LogP contribution in [0.3, 0.4) is 0 Å². The third-order valence-corrected chi connectivity index (χ3v) is 3.17. The van der Waals surface area contributed by atoms with Crippen molar-refractivity contribution in [1.29, 1.82) is 0 Å². The molecule has 0 heterocycles. The van der Waals surface area contributed by atoms with Crippen molar-refractivity contribution in [3.05, 3.63) is 39.4 Å². The van der Waals surface area contributed by atoms with Gasteiger partial charge >= 0.3 is 5.97 Å². The van der Waals surface area contributed by atoms with Crippen molar-refractivity contribution < 1.29 is 19.6 Å². The summed E-state index contributed by atoms with van der Waals surface area (Å²) in [5.74, 6) is -2.48. The minimum Gasteiger partial charge on any atom is -0.481 e. The minimum absolute atomic E-state index is 0.0399. The average molecular weight is 280 g/mol. The molecule has 0 saturated heterocycles. The van der Waals surface area contributed by atoms with Gasteiger partial charge in [-0.15, -0.1) is 0 Å². The Kier molecular flexibility index (Phi) is 4.79. The number of hydrogen-bond donors (Lipinski definition) is 2. The minimum atomic E-state index is -1.04. The van der Waals surface area contributed by atoms with Gasteiger partial charge in [0.1, 0.15) is 5.56 Å². The molecule has 1 aromatic rings. The van der Waals surface area contributed by atoms with Crippen molar-refractivity contribution in [3.8, 4) is 0 Å². The standard InChI is InChI=1S/C13H16N2O5/c1-7-5-4-6-10(15(19)20)11(7)12(16)14-9(3)8(2)13(17)18/h4-6,8-9H,1-3H3,(H,14,16)(H,17,18). The van der Waals surface area contributed by atoms with Gasteiger partial charge in [0, 0.05) is 12.1 Å². The molecular weight excluding hydrogens is 264 g/mol. The van der Waals surface area contributed by atoms with E-state index in [0.29, 0.717) is 5.56 Å². The maximum Gasteiger partial charge on any atom is 0.308 e. The zero-order chi connectivity index (χ0) is 15.4. The number of benzene rings is 1. The van der Waals surface area contributed by atoms with Crippen LogP contribution in [0.4, 0.5) is 5.69 Å². The molecule has 0 aliphatic heterocycles. The fourth-order valence-corrected chi connectivity index (χ4v) is 1.72. The topological polar surface area (TPSA) is 110 Å². The van der Waals surface area contributed by atoms with Crippen molar-refractivity contribution in [3.63, 3.8) is 0 Å². The first kappa shape index (κ1) is 15.6. The first-order valence-corrected chi connectivity index (χ1v) is 6.03. The van der Waals surface area contributed by atoms with Crippen LogP contribution in [0.5, 0.6) is 0 Å². The molecule has 0 radical (unpaired) electrons. The fraction of sp³-hybridized carbons (Fsp3) is 0.385. The van der Waals surface area contributed by atoms with Gasteiger partial charge in [-0.3, -0.25) is 19.7 Å². The van der Waals surface area contributed by atoms with E-state index < -0.39 is 28.8 Å². The number of nitro benzene ring substituents is 1. The van der Waals surface area contributed by atoms with Crippen LogP contribution < -0.4 is 5.32 Å². The number of hydrogen-bond acceptors (Lipinski definition) is 4. The number of carbonyl (C=O) groups excluding carboxylic acids is 1. The van der Waals surface area contributed by atoms with E-state index in [9.17, 15) is 19.7 Å². The van der Waals surface area contributed by atoms with E-state index in [1.54, 1.807) is 19.9 Å². The zero-order valence-corrected chi connectivity index (χ0v) is 11.4. The molecular formula is C13H16N2O5. The third-order valence-electron chi connectivity index (χ3n) is 3.17. The van der Waals surface area contributed by atoms with Crippen LogP contribution >= 0.6 is 0 Å². The lowest BCUT2D eigenvalue weighted by Crippen LogP contribution is -2.40. The maximum absolute atomic E-state index is 12.1. The number of nitrogens with zero attached hydrogens (tertiary/aromatic N) is 1. The number of carboxylic acids is 1. The Labute approximate surface area is 115 Å². The zero-order valence-electron chi connectivity index (χ0n) is 11.4. The molecule has 0 aliphatic rings. The number of aliphatic carboxylic acids is 1. The van der Waals surface area contributed by atoms with Crippen LogP contribution in [0.2, 0.25) is 0 Å². The second-order valence-electron chi connectivity index (χ2n) is 4.62. The van der Waals surface area contributed by atoms with Gasteiger partial charge < -0.3 is 10.4 Å². The molecule has 0 spiro atoms. The number of nitro groups is 1. The lowest BCUT2D eigenvalue weighted by atomic mass is 10.0. The molecule has 2 atom stereocenters. The van der Waals surface area contributed by atoms with E-state index in [-0.39, 0.29) is 11.3 Å². The number of nitrogens with one attached hydrogen (secondary N) is 1. The number of rotatable bonds is 5. The van der Waals surface area contributed by atoms with Crippen LogP contribution in [0.15, 0.2) is 18.2 Å². The Balaban J connectivity index is 3.04. The van der Waals surface area contributed by atoms with Crippen molar-refractivity contribution in [2.24, 2.45) is 5.92 Å². The van der Waals surface area contributed by atoms with Crippen LogP contribution in [0, 0.1) is 23.0 Å². The molecule has 0 saturated carbocycles. The van der Waals surface area contributed by atoms with E-state index in [4.69, 9.17) is 5.11 Å². The summed E-state index contributed by atoms with van der Waals surface area (Å²) in [6.45, 7) is 4.59. The average Bonchev–Trinajstić information content (AvgIpc) is 2.36. The first-order chi connectivity index (χ1) is 9.25. The second kappa shape index (κ2) is 6.14.